The van der Waals surface area contributed by atoms with Gasteiger partial charge < -0.3 is 4.57 Å². The van der Waals surface area contributed by atoms with E-state index in [1.165, 1.54) is 6.07 Å². The minimum absolute atomic E-state index is 0.0970. The van der Waals surface area contributed by atoms with Crippen molar-refractivity contribution in [1.82, 2.24) is 19.5 Å². The third-order valence-corrected chi connectivity index (χ3v) is 3.36. The van der Waals surface area contributed by atoms with Gasteiger partial charge >= 0.3 is 0 Å². The number of nitrogens with zero attached hydrogens (tertiary/aromatic N) is 4. The highest BCUT2D eigenvalue weighted by molar-refractivity contribution is 6.16. The molecule has 7 heteroatoms. The van der Waals surface area contributed by atoms with Crippen LogP contribution in [0.25, 0.3) is 11.0 Å². The summed E-state index contributed by atoms with van der Waals surface area (Å²) in [7, 11) is 0. The van der Waals surface area contributed by atoms with Gasteiger partial charge in [-0.15, -0.1) is 11.6 Å². The lowest BCUT2D eigenvalue weighted by Gasteiger charge is -2.07. The second-order valence-electron chi connectivity index (χ2n) is 4.60. The quantitative estimate of drug-likeness (QED) is 0.698. The van der Waals surface area contributed by atoms with Crippen molar-refractivity contribution in [3.8, 4) is 0 Å². The van der Waals surface area contributed by atoms with Gasteiger partial charge in [0.2, 0.25) is 0 Å². The van der Waals surface area contributed by atoms with E-state index in [2.05, 4.69) is 15.0 Å². The number of aryl methyl sites for hydroxylation is 1. The fourth-order valence-corrected chi connectivity index (χ4v) is 2.43. The van der Waals surface area contributed by atoms with Gasteiger partial charge in [0.1, 0.15) is 23.0 Å². The average molecular weight is 309 g/mol. The van der Waals surface area contributed by atoms with Gasteiger partial charge in [0.25, 0.3) is 0 Å². The summed E-state index contributed by atoms with van der Waals surface area (Å²) in [4.78, 5) is 12.4. The van der Waals surface area contributed by atoms with Gasteiger partial charge in [-0.3, -0.25) is 0 Å². The summed E-state index contributed by atoms with van der Waals surface area (Å²) >= 11 is 5.86. The SMILES string of the molecule is Cc1nccc(Cn2c(CCl)nc3c(F)cc(F)cc32)n1. The molecule has 0 spiro atoms. The van der Waals surface area contributed by atoms with Crippen LogP contribution in [-0.2, 0) is 12.4 Å². The number of fused-ring (bicyclic) bond motifs is 1. The number of halogens is 3. The Morgan fingerprint density at radius 1 is 1.24 bits per heavy atom. The lowest BCUT2D eigenvalue weighted by molar-refractivity contribution is 0.590. The molecule has 0 saturated carbocycles. The van der Waals surface area contributed by atoms with Gasteiger partial charge in [-0.25, -0.2) is 23.7 Å². The highest BCUT2D eigenvalue weighted by atomic mass is 35.5. The molecule has 2 heterocycles. The summed E-state index contributed by atoms with van der Waals surface area (Å²) < 4.78 is 28.9. The molecule has 1 aromatic carbocycles. The number of hydrogen-bond acceptors (Lipinski definition) is 3. The Morgan fingerprint density at radius 3 is 2.76 bits per heavy atom. The lowest BCUT2D eigenvalue weighted by atomic mass is 10.3. The number of benzene rings is 1. The van der Waals surface area contributed by atoms with E-state index in [4.69, 9.17) is 11.6 Å². The molecule has 0 fully saturated rings. The van der Waals surface area contributed by atoms with Crippen LogP contribution in [0.1, 0.15) is 17.3 Å². The molecule has 3 aromatic rings. The first kappa shape index (κ1) is 13.9. The molecule has 3 rings (SSSR count). The van der Waals surface area contributed by atoms with Gasteiger partial charge in [0.15, 0.2) is 5.82 Å². The zero-order valence-electron chi connectivity index (χ0n) is 11.1. The third kappa shape index (κ3) is 2.58. The van der Waals surface area contributed by atoms with Crippen molar-refractivity contribution in [3.05, 3.63) is 53.4 Å². The number of imidazole rings is 1. The van der Waals surface area contributed by atoms with Crippen molar-refractivity contribution in [2.45, 2.75) is 19.3 Å². The number of rotatable bonds is 3. The summed E-state index contributed by atoms with van der Waals surface area (Å²) in [5.41, 5.74) is 1.19. The van der Waals surface area contributed by atoms with Crippen LogP contribution in [0.3, 0.4) is 0 Å². The fraction of sp³-hybridized carbons (Fsp3) is 0.214. The van der Waals surface area contributed by atoms with Gasteiger partial charge in [-0.1, -0.05) is 0 Å². The first-order valence-electron chi connectivity index (χ1n) is 6.27. The van der Waals surface area contributed by atoms with Crippen molar-refractivity contribution in [3.63, 3.8) is 0 Å². The molecule has 0 saturated heterocycles. The Morgan fingerprint density at radius 2 is 2.05 bits per heavy atom. The number of hydrogen-bond donors (Lipinski definition) is 0. The van der Waals surface area contributed by atoms with Gasteiger partial charge in [-0.2, -0.15) is 0 Å². The van der Waals surface area contributed by atoms with E-state index in [1.54, 1.807) is 23.8 Å². The van der Waals surface area contributed by atoms with Crippen molar-refractivity contribution in [2.24, 2.45) is 0 Å². The average Bonchev–Trinajstić information content (AvgIpc) is 2.77. The first-order chi connectivity index (χ1) is 10.1. The van der Waals surface area contributed by atoms with E-state index in [-0.39, 0.29) is 11.4 Å². The minimum Gasteiger partial charge on any atom is -0.321 e. The molecule has 0 radical (unpaired) electrons. The van der Waals surface area contributed by atoms with Crippen LogP contribution in [0.15, 0.2) is 24.4 Å². The monoisotopic (exact) mass is 308 g/mol. The maximum atomic E-state index is 13.8. The molecule has 21 heavy (non-hydrogen) atoms. The lowest BCUT2D eigenvalue weighted by Crippen LogP contribution is -2.06. The third-order valence-electron chi connectivity index (χ3n) is 3.12. The number of alkyl halides is 1. The minimum atomic E-state index is -0.700. The summed E-state index contributed by atoms with van der Waals surface area (Å²) in [6, 6.07) is 3.80. The molecule has 0 aliphatic heterocycles. The molecule has 0 unspecified atom stereocenters. The molecule has 2 aromatic heterocycles. The van der Waals surface area contributed by atoms with Crippen LogP contribution in [0, 0.1) is 18.6 Å². The second kappa shape index (κ2) is 5.37. The summed E-state index contributed by atoms with van der Waals surface area (Å²) in [5, 5.41) is 0. The Labute approximate surface area is 124 Å². The van der Waals surface area contributed by atoms with Crippen LogP contribution in [0.4, 0.5) is 8.78 Å². The Balaban J connectivity index is 2.16. The molecule has 0 atom stereocenters. The van der Waals surface area contributed by atoms with E-state index >= 15 is 0 Å². The van der Waals surface area contributed by atoms with E-state index in [0.717, 1.165) is 11.8 Å². The van der Waals surface area contributed by atoms with Crippen LogP contribution in [0.5, 0.6) is 0 Å². The Bertz CT molecular complexity index is 816. The van der Waals surface area contributed by atoms with Crippen LogP contribution in [-0.4, -0.2) is 19.5 Å². The van der Waals surface area contributed by atoms with Crippen molar-refractivity contribution >= 4 is 22.6 Å². The number of aromatic nitrogens is 4. The van der Waals surface area contributed by atoms with E-state index in [1.807, 2.05) is 0 Å². The Kier molecular flexibility index (Phi) is 3.55. The molecule has 0 aliphatic rings. The summed E-state index contributed by atoms with van der Waals surface area (Å²) in [6.07, 6.45) is 1.64. The molecular formula is C14H11ClF2N4. The molecule has 0 N–H and O–H groups in total. The predicted molar refractivity (Wildman–Crippen MR) is 75.1 cm³/mol. The maximum Gasteiger partial charge on any atom is 0.153 e. The van der Waals surface area contributed by atoms with Gasteiger partial charge in [0, 0.05) is 12.3 Å². The smallest absolute Gasteiger partial charge is 0.153 e. The van der Waals surface area contributed by atoms with Gasteiger partial charge in [0.05, 0.1) is 23.6 Å². The topological polar surface area (TPSA) is 43.6 Å². The molecular weight excluding hydrogens is 298 g/mol. The van der Waals surface area contributed by atoms with Crippen molar-refractivity contribution < 1.29 is 8.78 Å². The normalized spacial score (nSPS) is 11.2. The van der Waals surface area contributed by atoms with Crippen molar-refractivity contribution in [1.29, 1.82) is 0 Å². The highest BCUT2D eigenvalue weighted by Crippen LogP contribution is 2.22. The zero-order valence-corrected chi connectivity index (χ0v) is 11.9. The first-order valence-corrected chi connectivity index (χ1v) is 6.80. The van der Waals surface area contributed by atoms with E-state index in [9.17, 15) is 8.78 Å². The predicted octanol–water partition coefficient (Wildman–Crippen LogP) is 3.20. The van der Waals surface area contributed by atoms with E-state index < -0.39 is 11.6 Å². The molecule has 0 amide bonds. The van der Waals surface area contributed by atoms with Crippen molar-refractivity contribution in [2.75, 3.05) is 0 Å². The molecule has 108 valence electrons. The largest absolute Gasteiger partial charge is 0.321 e. The highest BCUT2D eigenvalue weighted by Gasteiger charge is 2.15. The fourth-order valence-electron chi connectivity index (χ4n) is 2.23. The summed E-state index contributed by atoms with van der Waals surface area (Å²) in [6.45, 7) is 2.10. The molecule has 4 nitrogen and oxygen atoms in total. The zero-order chi connectivity index (χ0) is 15.0. The van der Waals surface area contributed by atoms with Crippen LogP contribution >= 0.6 is 11.6 Å². The van der Waals surface area contributed by atoms with Gasteiger partial charge in [-0.05, 0) is 19.1 Å². The second-order valence-corrected chi connectivity index (χ2v) is 4.87. The molecule has 0 aliphatic carbocycles. The standard InChI is InChI=1S/C14H11ClF2N4/c1-8-18-3-2-10(19-8)7-21-12-5-9(16)4-11(17)14(12)20-13(21)6-15/h2-5H,6-7H2,1H3. The maximum absolute atomic E-state index is 13.8. The van der Waals surface area contributed by atoms with Crippen LogP contribution in [0.2, 0.25) is 0 Å². The van der Waals surface area contributed by atoms with Crippen LogP contribution < -0.4 is 0 Å². The van der Waals surface area contributed by atoms with E-state index in [0.29, 0.717) is 23.7 Å². The summed E-state index contributed by atoms with van der Waals surface area (Å²) in [5.74, 6) is -0.163. The Hall–Kier alpha value is -2.08. The molecule has 0 bridgehead atoms.